The molecule has 236 valence electrons. The first kappa shape index (κ1) is 27.8. The van der Waals surface area contributed by atoms with Gasteiger partial charge in [0.25, 0.3) is 0 Å². The number of nitrogens with zero attached hydrogens (tertiary/aromatic N) is 3. The highest BCUT2D eigenvalue weighted by atomic mass is 15.2. The summed E-state index contributed by atoms with van der Waals surface area (Å²) < 4.78 is 2.25. The van der Waals surface area contributed by atoms with E-state index in [0.717, 1.165) is 40.5 Å². The highest BCUT2D eigenvalue weighted by Gasteiger charge is 2.43. The summed E-state index contributed by atoms with van der Waals surface area (Å²) >= 11 is 0. The number of aromatic nitrogens is 3. The molecule has 0 amide bonds. The van der Waals surface area contributed by atoms with Crippen LogP contribution < -0.4 is 0 Å². The predicted molar refractivity (Wildman–Crippen MR) is 209 cm³/mol. The highest BCUT2D eigenvalue weighted by Crippen LogP contribution is 2.59. The van der Waals surface area contributed by atoms with Crippen LogP contribution in [0.4, 0.5) is 0 Å². The quantitative estimate of drug-likeness (QED) is 0.193. The molecule has 0 fully saturated rings. The van der Waals surface area contributed by atoms with Crippen molar-refractivity contribution < 1.29 is 0 Å². The van der Waals surface area contributed by atoms with Gasteiger partial charge in [-0.25, -0.2) is 9.97 Å². The van der Waals surface area contributed by atoms with Crippen LogP contribution in [-0.2, 0) is 5.41 Å². The van der Waals surface area contributed by atoms with Gasteiger partial charge < -0.3 is 0 Å². The van der Waals surface area contributed by atoms with Crippen molar-refractivity contribution in [2.75, 3.05) is 0 Å². The molecule has 2 aromatic heterocycles. The molecule has 3 aliphatic rings. The summed E-state index contributed by atoms with van der Waals surface area (Å²) in [6, 6.07) is 44.7. The van der Waals surface area contributed by atoms with E-state index >= 15 is 0 Å². The van der Waals surface area contributed by atoms with Crippen LogP contribution >= 0.6 is 0 Å². The van der Waals surface area contributed by atoms with Gasteiger partial charge in [0.1, 0.15) is 0 Å². The molecule has 2 heterocycles. The third kappa shape index (κ3) is 3.69. The molecule has 6 aromatic carbocycles. The van der Waals surface area contributed by atoms with Crippen molar-refractivity contribution in [3.8, 4) is 17.1 Å². The number of rotatable bonds is 3. The van der Waals surface area contributed by atoms with Gasteiger partial charge >= 0.3 is 0 Å². The maximum absolute atomic E-state index is 5.31. The third-order valence-electron chi connectivity index (χ3n) is 11.4. The minimum Gasteiger partial charge on any atom is -0.278 e. The van der Waals surface area contributed by atoms with Gasteiger partial charge in [0.2, 0.25) is 5.95 Å². The molecule has 0 spiro atoms. The molecule has 0 unspecified atom stereocenters. The number of fused-ring (bicyclic) bond motifs is 8. The molecule has 0 aliphatic heterocycles. The van der Waals surface area contributed by atoms with Crippen molar-refractivity contribution in [1.29, 1.82) is 0 Å². The van der Waals surface area contributed by atoms with Crippen molar-refractivity contribution in [3.05, 3.63) is 168 Å². The Bertz CT molecular complexity index is 2890. The van der Waals surface area contributed by atoms with Crippen LogP contribution in [0.15, 0.2) is 140 Å². The van der Waals surface area contributed by atoms with Gasteiger partial charge in [-0.05, 0) is 104 Å². The Kier molecular flexibility index (Phi) is 5.57. The van der Waals surface area contributed by atoms with Crippen molar-refractivity contribution >= 4 is 60.2 Å². The number of para-hydroxylation sites is 2. The zero-order chi connectivity index (χ0) is 33.1. The second-order valence-electron chi connectivity index (χ2n) is 14.5. The molecule has 11 rings (SSSR count). The standard InChI is InChI=1S/C47H33N3/c1-47(2)38-24-22-30(27-37(38)43-34-18-10-14-28-15-11-19-35(42(28)34)44(43)47)31-23-25-41-36(26-31)32-16-7-9-21-40(32)50(41)46-48-39-20-8-6-17-33(39)45(49-46)29-12-4-3-5-13-29/h3-4,6-12,14-27H,5,13H2,1-2H3. The topological polar surface area (TPSA) is 30.7 Å². The molecule has 3 heteroatoms. The molecule has 0 saturated carbocycles. The number of hydrogen-bond donors (Lipinski definition) is 0. The van der Waals surface area contributed by atoms with Crippen LogP contribution in [0.3, 0.4) is 0 Å². The fraction of sp³-hybridized carbons (Fsp3) is 0.106. The summed E-state index contributed by atoms with van der Waals surface area (Å²) in [5.41, 5.74) is 16.2. The van der Waals surface area contributed by atoms with E-state index in [2.05, 4.69) is 158 Å². The monoisotopic (exact) mass is 639 g/mol. The van der Waals surface area contributed by atoms with Gasteiger partial charge in [-0.1, -0.05) is 123 Å². The van der Waals surface area contributed by atoms with Crippen LogP contribution in [-0.4, -0.2) is 14.5 Å². The molecule has 0 atom stereocenters. The van der Waals surface area contributed by atoms with E-state index in [1.165, 1.54) is 71.6 Å². The SMILES string of the molecule is CC1(C)C2=C(c3cc(-c4ccc5c(c4)c4ccccc4n5-c4nc(C5=CC=CCC5)c5ccccc5n4)ccc31)c1cccc3cccc2c13. The molecule has 0 saturated heterocycles. The lowest BCUT2D eigenvalue weighted by atomic mass is 9.78. The Morgan fingerprint density at radius 2 is 1.40 bits per heavy atom. The average molecular weight is 640 g/mol. The summed E-state index contributed by atoms with van der Waals surface area (Å²) in [6.07, 6.45) is 8.59. The summed E-state index contributed by atoms with van der Waals surface area (Å²) in [6.45, 7) is 4.78. The van der Waals surface area contributed by atoms with Crippen LogP contribution in [0, 0.1) is 0 Å². The fourth-order valence-electron chi connectivity index (χ4n) is 9.14. The Hall–Kier alpha value is -6.06. The number of allylic oxidation sites excluding steroid dienone is 5. The Morgan fingerprint density at radius 3 is 2.26 bits per heavy atom. The maximum Gasteiger partial charge on any atom is 0.235 e. The van der Waals surface area contributed by atoms with Crippen molar-refractivity contribution in [2.24, 2.45) is 0 Å². The first-order chi connectivity index (χ1) is 24.6. The first-order valence-corrected chi connectivity index (χ1v) is 17.7. The zero-order valence-corrected chi connectivity index (χ0v) is 28.0. The van der Waals surface area contributed by atoms with E-state index in [1.54, 1.807) is 0 Å². The summed E-state index contributed by atoms with van der Waals surface area (Å²) in [4.78, 5) is 10.5. The van der Waals surface area contributed by atoms with Crippen molar-refractivity contribution in [2.45, 2.75) is 32.1 Å². The highest BCUT2D eigenvalue weighted by molar-refractivity contribution is 6.22. The normalized spacial score (nSPS) is 15.8. The Morgan fingerprint density at radius 1 is 0.640 bits per heavy atom. The largest absolute Gasteiger partial charge is 0.278 e. The van der Waals surface area contributed by atoms with Crippen molar-refractivity contribution in [3.63, 3.8) is 0 Å². The Labute approximate surface area is 290 Å². The second kappa shape index (κ2) is 9.99. The number of benzene rings is 6. The van der Waals surface area contributed by atoms with Gasteiger partial charge in [-0.3, -0.25) is 4.57 Å². The predicted octanol–water partition coefficient (Wildman–Crippen LogP) is 11.8. The van der Waals surface area contributed by atoms with Gasteiger partial charge in [0.05, 0.1) is 22.2 Å². The molecule has 3 aliphatic carbocycles. The molecule has 50 heavy (non-hydrogen) atoms. The van der Waals surface area contributed by atoms with E-state index in [0.29, 0.717) is 5.95 Å². The van der Waals surface area contributed by atoms with Gasteiger partial charge in [0.15, 0.2) is 0 Å². The minimum atomic E-state index is -0.0729. The summed E-state index contributed by atoms with van der Waals surface area (Å²) in [7, 11) is 0. The minimum absolute atomic E-state index is 0.0729. The Balaban J connectivity index is 1.10. The first-order valence-electron chi connectivity index (χ1n) is 17.7. The van der Waals surface area contributed by atoms with E-state index in [9.17, 15) is 0 Å². The average Bonchev–Trinajstić information content (AvgIpc) is 3.76. The molecule has 0 bridgehead atoms. The summed E-state index contributed by atoms with van der Waals surface area (Å²) in [5.74, 6) is 0.710. The molecular weight excluding hydrogens is 607 g/mol. The van der Waals surface area contributed by atoms with Crippen LogP contribution in [0.1, 0.15) is 54.6 Å². The second-order valence-corrected chi connectivity index (χ2v) is 14.5. The smallest absolute Gasteiger partial charge is 0.235 e. The zero-order valence-electron chi connectivity index (χ0n) is 28.0. The van der Waals surface area contributed by atoms with Gasteiger partial charge in [0, 0.05) is 21.6 Å². The van der Waals surface area contributed by atoms with Gasteiger partial charge in [-0.2, -0.15) is 0 Å². The lowest BCUT2D eigenvalue weighted by Crippen LogP contribution is -2.16. The van der Waals surface area contributed by atoms with Gasteiger partial charge in [-0.15, -0.1) is 0 Å². The van der Waals surface area contributed by atoms with E-state index in [4.69, 9.17) is 9.97 Å². The maximum atomic E-state index is 5.31. The fourth-order valence-corrected chi connectivity index (χ4v) is 9.14. The van der Waals surface area contributed by atoms with E-state index in [1.807, 2.05) is 0 Å². The molecular formula is C47H33N3. The lowest BCUT2D eigenvalue weighted by molar-refractivity contribution is 0.705. The molecule has 0 radical (unpaired) electrons. The lowest BCUT2D eigenvalue weighted by Gasteiger charge is -2.25. The van der Waals surface area contributed by atoms with Crippen molar-refractivity contribution in [1.82, 2.24) is 14.5 Å². The van der Waals surface area contributed by atoms with Crippen LogP contribution in [0.5, 0.6) is 0 Å². The summed E-state index contributed by atoms with van der Waals surface area (Å²) in [5, 5.41) is 6.22. The third-order valence-corrected chi connectivity index (χ3v) is 11.4. The molecule has 8 aromatic rings. The number of hydrogen-bond acceptors (Lipinski definition) is 2. The molecule has 3 nitrogen and oxygen atoms in total. The van der Waals surface area contributed by atoms with E-state index in [-0.39, 0.29) is 5.41 Å². The van der Waals surface area contributed by atoms with Crippen LogP contribution in [0.25, 0.3) is 77.3 Å². The molecule has 0 N–H and O–H groups in total. The van der Waals surface area contributed by atoms with Crippen LogP contribution in [0.2, 0.25) is 0 Å². The van der Waals surface area contributed by atoms with E-state index < -0.39 is 0 Å².